The fourth-order valence-electron chi connectivity index (χ4n) is 8.86. The van der Waals surface area contributed by atoms with Gasteiger partial charge in [0.15, 0.2) is 0 Å². The second-order valence-electron chi connectivity index (χ2n) is 15.2. The number of aryl methyl sites for hydroxylation is 1. The van der Waals surface area contributed by atoms with E-state index in [2.05, 4.69) is 225 Å². The number of hydrogen-bond acceptors (Lipinski definition) is 2. The number of hydrogen-bond donors (Lipinski definition) is 0. The fraction of sp³-hybridized carbons (Fsp3) is 0.0714. The van der Waals surface area contributed by atoms with Gasteiger partial charge >= 0.3 is 0 Å². The number of rotatable bonds is 9. The molecule has 1 aromatic heterocycles. The van der Waals surface area contributed by atoms with Gasteiger partial charge in [0.25, 0.3) is 0 Å². The molecule has 1 atom stereocenters. The Kier molecular flexibility index (Phi) is 9.16. The summed E-state index contributed by atoms with van der Waals surface area (Å²) in [5.74, 6) is 0.254. The van der Waals surface area contributed by atoms with Crippen molar-refractivity contribution in [2.75, 3.05) is 4.90 Å². The second-order valence-corrected chi connectivity index (χ2v) is 15.2. The normalized spacial score (nSPS) is 12.0. The van der Waals surface area contributed by atoms with E-state index in [0.717, 1.165) is 61.9 Å². The lowest BCUT2D eigenvalue weighted by atomic mass is 9.83. The highest BCUT2D eigenvalue weighted by atomic mass is 16.3. The first-order chi connectivity index (χ1) is 28.6. The Bertz CT molecular complexity index is 3050. The summed E-state index contributed by atoms with van der Waals surface area (Å²) in [4.78, 5) is 2.40. The van der Waals surface area contributed by atoms with Gasteiger partial charge in [0.1, 0.15) is 11.2 Å². The van der Waals surface area contributed by atoms with Crippen LogP contribution in [0.4, 0.5) is 17.1 Å². The van der Waals surface area contributed by atoms with E-state index in [0.29, 0.717) is 0 Å². The predicted molar refractivity (Wildman–Crippen MR) is 246 cm³/mol. The van der Waals surface area contributed by atoms with Crippen molar-refractivity contribution in [2.45, 2.75) is 26.2 Å². The molecule has 0 saturated heterocycles. The first-order valence-electron chi connectivity index (χ1n) is 20.3. The standard InChI is InChI=1S/C56H43NO/c1-3-46(50-22-11-12-23-51(50)47-19-9-7-15-38(47)2)42-27-33-45(34-28-42)57(44-31-25-40(26-32-44)39-16-5-4-6-17-39)54-24-14-13-20-48(54)43-30-36-55-53(37-43)52-35-29-41-18-8-10-21-49(41)56(52)58-55/h4-37,46H,3H2,1-2H3. The summed E-state index contributed by atoms with van der Waals surface area (Å²) >= 11 is 0. The highest BCUT2D eigenvalue weighted by molar-refractivity contribution is 6.15. The molecule has 0 aliphatic carbocycles. The van der Waals surface area contributed by atoms with Crippen LogP contribution < -0.4 is 4.90 Å². The molecule has 58 heavy (non-hydrogen) atoms. The van der Waals surface area contributed by atoms with Crippen molar-refractivity contribution in [3.05, 3.63) is 223 Å². The Balaban J connectivity index is 1.09. The Morgan fingerprint density at radius 2 is 1.09 bits per heavy atom. The quantitative estimate of drug-likeness (QED) is 0.146. The van der Waals surface area contributed by atoms with Gasteiger partial charge in [-0.3, -0.25) is 0 Å². The minimum absolute atomic E-state index is 0.254. The Labute approximate surface area is 340 Å². The van der Waals surface area contributed by atoms with E-state index in [4.69, 9.17) is 4.42 Å². The Morgan fingerprint density at radius 1 is 0.466 bits per heavy atom. The van der Waals surface area contributed by atoms with Gasteiger partial charge in [0.05, 0.1) is 5.69 Å². The lowest BCUT2D eigenvalue weighted by Gasteiger charge is -2.29. The first-order valence-corrected chi connectivity index (χ1v) is 20.3. The van der Waals surface area contributed by atoms with E-state index in [1.54, 1.807) is 0 Å². The van der Waals surface area contributed by atoms with E-state index >= 15 is 0 Å². The number of para-hydroxylation sites is 1. The van der Waals surface area contributed by atoms with Crippen LogP contribution in [0.25, 0.3) is 66.1 Å². The third-order valence-electron chi connectivity index (χ3n) is 11.8. The van der Waals surface area contributed by atoms with Crippen molar-refractivity contribution in [1.82, 2.24) is 0 Å². The van der Waals surface area contributed by atoms with Gasteiger partial charge in [0, 0.05) is 39.0 Å². The van der Waals surface area contributed by atoms with Crippen LogP contribution in [0, 0.1) is 6.92 Å². The summed E-state index contributed by atoms with van der Waals surface area (Å²) in [6, 6.07) is 74.7. The lowest BCUT2D eigenvalue weighted by molar-refractivity contribution is 0.672. The van der Waals surface area contributed by atoms with Gasteiger partial charge in [0.2, 0.25) is 0 Å². The second kappa shape index (κ2) is 15.1. The third-order valence-corrected chi connectivity index (χ3v) is 11.8. The number of fused-ring (bicyclic) bond motifs is 5. The van der Waals surface area contributed by atoms with Crippen LogP contribution in [0.15, 0.2) is 211 Å². The van der Waals surface area contributed by atoms with Crippen molar-refractivity contribution >= 4 is 49.8 Å². The molecule has 10 aromatic rings. The van der Waals surface area contributed by atoms with Crippen molar-refractivity contribution < 1.29 is 4.42 Å². The zero-order chi connectivity index (χ0) is 39.0. The third kappa shape index (κ3) is 6.33. The van der Waals surface area contributed by atoms with Gasteiger partial charge in [-0.05, 0) is 112 Å². The molecule has 0 amide bonds. The molecule has 0 N–H and O–H groups in total. The van der Waals surface area contributed by atoms with Crippen LogP contribution in [-0.2, 0) is 0 Å². The summed E-state index contributed by atoms with van der Waals surface area (Å²) in [7, 11) is 0. The number of benzene rings is 9. The zero-order valence-corrected chi connectivity index (χ0v) is 32.8. The van der Waals surface area contributed by atoms with Crippen LogP contribution in [0.5, 0.6) is 0 Å². The van der Waals surface area contributed by atoms with Crippen LogP contribution in [0.3, 0.4) is 0 Å². The Hall–Kier alpha value is -7.16. The average molecular weight is 746 g/mol. The highest BCUT2D eigenvalue weighted by Gasteiger charge is 2.21. The molecule has 2 nitrogen and oxygen atoms in total. The van der Waals surface area contributed by atoms with Crippen LogP contribution in [0.2, 0.25) is 0 Å². The molecule has 0 saturated carbocycles. The number of nitrogens with zero attached hydrogens (tertiary/aromatic N) is 1. The molecule has 278 valence electrons. The SMILES string of the molecule is CCC(c1ccc(N(c2ccc(-c3ccccc3)cc2)c2ccccc2-c2ccc3oc4c5ccccc5ccc4c3c2)cc1)c1ccccc1-c1ccccc1C. The van der Waals surface area contributed by atoms with Crippen LogP contribution in [-0.4, -0.2) is 0 Å². The zero-order valence-electron chi connectivity index (χ0n) is 32.8. The molecule has 1 heterocycles. The minimum Gasteiger partial charge on any atom is -0.455 e. The summed E-state index contributed by atoms with van der Waals surface area (Å²) in [5.41, 5.74) is 16.4. The number of furan rings is 1. The van der Waals surface area contributed by atoms with Gasteiger partial charge in [-0.25, -0.2) is 0 Å². The summed E-state index contributed by atoms with van der Waals surface area (Å²) in [6.45, 7) is 4.50. The van der Waals surface area contributed by atoms with E-state index in [-0.39, 0.29) is 5.92 Å². The first kappa shape index (κ1) is 35.3. The molecule has 10 rings (SSSR count). The molecular weight excluding hydrogens is 703 g/mol. The van der Waals surface area contributed by atoms with Crippen LogP contribution >= 0.6 is 0 Å². The molecule has 0 radical (unpaired) electrons. The van der Waals surface area contributed by atoms with Crippen LogP contribution in [0.1, 0.15) is 36.0 Å². The average Bonchev–Trinajstić information content (AvgIpc) is 3.67. The Morgan fingerprint density at radius 3 is 1.86 bits per heavy atom. The summed E-state index contributed by atoms with van der Waals surface area (Å²) in [5, 5.41) is 4.57. The molecule has 9 aromatic carbocycles. The summed E-state index contributed by atoms with van der Waals surface area (Å²) in [6.07, 6.45) is 0.997. The van der Waals surface area contributed by atoms with Gasteiger partial charge in [-0.1, -0.05) is 165 Å². The maximum absolute atomic E-state index is 6.52. The molecule has 0 spiro atoms. The van der Waals surface area contributed by atoms with Crippen molar-refractivity contribution in [3.63, 3.8) is 0 Å². The lowest BCUT2D eigenvalue weighted by Crippen LogP contribution is -2.11. The molecular formula is C56H43NO. The smallest absolute Gasteiger partial charge is 0.143 e. The fourth-order valence-corrected chi connectivity index (χ4v) is 8.86. The largest absolute Gasteiger partial charge is 0.455 e. The van der Waals surface area contributed by atoms with Crippen molar-refractivity contribution in [3.8, 4) is 33.4 Å². The van der Waals surface area contributed by atoms with E-state index in [1.807, 2.05) is 0 Å². The monoisotopic (exact) mass is 745 g/mol. The molecule has 0 fully saturated rings. The van der Waals surface area contributed by atoms with Gasteiger partial charge < -0.3 is 9.32 Å². The molecule has 0 aliphatic rings. The van der Waals surface area contributed by atoms with E-state index < -0.39 is 0 Å². The molecule has 1 unspecified atom stereocenters. The van der Waals surface area contributed by atoms with E-state index in [9.17, 15) is 0 Å². The van der Waals surface area contributed by atoms with Crippen molar-refractivity contribution in [1.29, 1.82) is 0 Å². The van der Waals surface area contributed by atoms with Gasteiger partial charge in [-0.15, -0.1) is 0 Å². The van der Waals surface area contributed by atoms with Gasteiger partial charge in [-0.2, -0.15) is 0 Å². The molecule has 0 bridgehead atoms. The summed E-state index contributed by atoms with van der Waals surface area (Å²) < 4.78 is 6.52. The van der Waals surface area contributed by atoms with E-state index in [1.165, 1.54) is 44.3 Å². The maximum atomic E-state index is 6.52. The topological polar surface area (TPSA) is 16.4 Å². The minimum atomic E-state index is 0.254. The maximum Gasteiger partial charge on any atom is 0.143 e. The predicted octanol–water partition coefficient (Wildman–Crippen LogP) is 16.1. The number of anilines is 3. The van der Waals surface area contributed by atoms with Crippen molar-refractivity contribution in [2.24, 2.45) is 0 Å². The molecule has 2 heteroatoms. The molecule has 0 aliphatic heterocycles. The highest BCUT2D eigenvalue weighted by Crippen LogP contribution is 2.44.